The van der Waals surface area contributed by atoms with E-state index in [2.05, 4.69) is 0 Å². The summed E-state index contributed by atoms with van der Waals surface area (Å²) in [5, 5.41) is 17.5. The van der Waals surface area contributed by atoms with Crippen LogP contribution in [0.2, 0.25) is 0 Å². The first-order valence-corrected chi connectivity index (χ1v) is 3.85. The fraction of sp³-hybridized carbons (Fsp3) is 0.625. The molecule has 0 atom stereocenters. The lowest BCUT2D eigenvalue weighted by atomic mass is 10.3. The molecule has 0 aromatic carbocycles. The van der Waals surface area contributed by atoms with Crippen molar-refractivity contribution in [2.24, 2.45) is 0 Å². The van der Waals surface area contributed by atoms with Crippen molar-refractivity contribution in [3.05, 3.63) is 11.5 Å². The van der Waals surface area contributed by atoms with Gasteiger partial charge in [-0.3, -0.25) is 0 Å². The third-order valence-corrected chi connectivity index (χ3v) is 1.42. The third kappa shape index (κ3) is 5.08. The van der Waals surface area contributed by atoms with E-state index < -0.39 is 11.9 Å². The van der Waals surface area contributed by atoms with E-state index in [0.717, 1.165) is 0 Å². The van der Waals surface area contributed by atoms with Crippen LogP contribution in [-0.2, 0) is 9.53 Å². The number of hydrogen-bond acceptors (Lipinski definition) is 4. The van der Waals surface area contributed by atoms with E-state index in [1.807, 2.05) is 19.0 Å². The Morgan fingerprint density at radius 1 is 1.38 bits per heavy atom. The zero-order valence-corrected chi connectivity index (χ0v) is 8.07. The number of likely N-dealkylation sites (N-methyl/N-ethyl adjacent to an activating group) is 1. The lowest BCUT2D eigenvalue weighted by Gasteiger charge is -2.10. The quantitative estimate of drug-likeness (QED) is 0.485. The molecule has 0 aromatic heterocycles. The highest BCUT2D eigenvalue weighted by Crippen LogP contribution is 2.01. The van der Waals surface area contributed by atoms with Gasteiger partial charge in [0.05, 0.1) is 0 Å². The van der Waals surface area contributed by atoms with Crippen molar-refractivity contribution in [3.63, 3.8) is 0 Å². The van der Waals surface area contributed by atoms with Gasteiger partial charge in [-0.05, 0) is 21.0 Å². The molecule has 0 aromatic rings. The molecule has 2 N–H and O–H groups in total. The summed E-state index contributed by atoms with van der Waals surface area (Å²) in [4.78, 5) is 12.2. The number of carboxylic acid groups (broad SMARTS) is 1. The fourth-order valence-corrected chi connectivity index (χ4v) is 0.525. The predicted octanol–water partition coefficient (Wildman–Crippen LogP) is 0.439. The normalized spacial score (nSPS) is 12.6. The highest BCUT2D eigenvalue weighted by Gasteiger charge is 2.08. The van der Waals surface area contributed by atoms with Crippen molar-refractivity contribution in [3.8, 4) is 0 Å². The number of carboxylic acids is 1. The Morgan fingerprint density at radius 3 is 2.31 bits per heavy atom. The summed E-state index contributed by atoms with van der Waals surface area (Å²) in [7, 11) is 3.71. The molecular formula is C8H15NO4. The number of aliphatic hydroxyl groups excluding tert-OH is 1. The molecule has 0 heterocycles. The third-order valence-electron chi connectivity index (χ3n) is 1.42. The summed E-state index contributed by atoms with van der Waals surface area (Å²) in [5.74, 6) is -1.70. The first-order valence-electron chi connectivity index (χ1n) is 3.85. The van der Waals surface area contributed by atoms with Crippen LogP contribution in [0, 0.1) is 0 Å². The number of rotatable bonds is 5. The number of carbonyl (C=O) groups is 1. The summed E-state index contributed by atoms with van der Waals surface area (Å²) in [6.45, 7) is 2.17. The predicted molar refractivity (Wildman–Crippen MR) is 47.5 cm³/mol. The van der Waals surface area contributed by atoms with Crippen LogP contribution in [0.1, 0.15) is 6.92 Å². The molecule has 5 heteroatoms. The zero-order chi connectivity index (χ0) is 10.4. The van der Waals surface area contributed by atoms with Gasteiger partial charge in [-0.15, -0.1) is 0 Å². The van der Waals surface area contributed by atoms with Gasteiger partial charge in [-0.2, -0.15) is 0 Å². The Hall–Kier alpha value is -1.23. The topological polar surface area (TPSA) is 70.0 Å². The highest BCUT2D eigenvalue weighted by atomic mass is 16.6. The van der Waals surface area contributed by atoms with Crippen LogP contribution in [0.15, 0.2) is 11.5 Å². The average molecular weight is 189 g/mol. The van der Waals surface area contributed by atoms with Crippen LogP contribution in [0.3, 0.4) is 0 Å². The molecule has 0 bridgehead atoms. The van der Waals surface area contributed by atoms with Crippen molar-refractivity contribution in [2.45, 2.75) is 6.92 Å². The van der Waals surface area contributed by atoms with Gasteiger partial charge in [0, 0.05) is 6.54 Å². The lowest BCUT2D eigenvalue weighted by Crippen LogP contribution is -2.18. The number of aliphatic carboxylic acids is 1. The zero-order valence-electron chi connectivity index (χ0n) is 8.07. The van der Waals surface area contributed by atoms with E-state index in [-0.39, 0.29) is 12.2 Å². The average Bonchev–Trinajstić information content (AvgIpc) is 2.02. The maximum atomic E-state index is 10.3. The Kier molecular flexibility index (Phi) is 4.91. The lowest BCUT2D eigenvalue weighted by molar-refractivity contribution is -0.133. The molecule has 0 spiro atoms. The molecule has 0 radical (unpaired) electrons. The molecule has 0 saturated carbocycles. The van der Waals surface area contributed by atoms with Crippen molar-refractivity contribution < 1.29 is 19.7 Å². The SMILES string of the molecule is CC(C(=O)O)=C(O)OCCN(C)C. The fourth-order valence-electron chi connectivity index (χ4n) is 0.525. The Labute approximate surface area is 77.2 Å². The highest BCUT2D eigenvalue weighted by molar-refractivity contribution is 5.85. The molecule has 0 aliphatic heterocycles. The van der Waals surface area contributed by atoms with Gasteiger partial charge in [-0.1, -0.05) is 0 Å². The molecular weight excluding hydrogens is 174 g/mol. The standard InChI is InChI=1S/C8H15NO4/c1-6(7(10)11)8(12)13-5-4-9(2)3/h12H,4-5H2,1-3H3,(H,10,11). The van der Waals surface area contributed by atoms with E-state index >= 15 is 0 Å². The molecule has 0 rings (SSSR count). The van der Waals surface area contributed by atoms with Gasteiger partial charge >= 0.3 is 5.97 Å². The summed E-state index contributed by atoms with van der Waals surface area (Å²) in [5.41, 5.74) is -0.182. The van der Waals surface area contributed by atoms with Crippen LogP contribution < -0.4 is 0 Å². The molecule has 0 aliphatic carbocycles. The summed E-state index contributed by atoms with van der Waals surface area (Å²) >= 11 is 0. The second-order valence-electron chi connectivity index (χ2n) is 2.89. The Morgan fingerprint density at radius 2 is 1.92 bits per heavy atom. The monoisotopic (exact) mass is 189 g/mol. The Bertz CT molecular complexity index is 210. The largest absolute Gasteiger partial charge is 0.481 e. The van der Waals surface area contributed by atoms with Crippen LogP contribution in [-0.4, -0.2) is 48.3 Å². The van der Waals surface area contributed by atoms with E-state index in [9.17, 15) is 4.79 Å². The van der Waals surface area contributed by atoms with E-state index in [1.165, 1.54) is 6.92 Å². The van der Waals surface area contributed by atoms with E-state index in [4.69, 9.17) is 14.9 Å². The van der Waals surface area contributed by atoms with Gasteiger partial charge in [0.2, 0.25) is 0 Å². The number of hydrogen-bond donors (Lipinski definition) is 2. The van der Waals surface area contributed by atoms with Gasteiger partial charge in [0.1, 0.15) is 12.2 Å². The van der Waals surface area contributed by atoms with Gasteiger partial charge in [-0.25, -0.2) is 4.79 Å². The minimum absolute atomic E-state index is 0.182. The van der Waals surface area contributed by atoms with Crippen LogP contribution in [0.5, 0.6) is 0 Å². The van der Waals surface area contributed by atoms with Gasteiger partial charge in [0.15, 0.2) is 0 Å². The number of nitrogens with zero attached hydrogens (tertiary/aromatic N) is 1. The van der Waals surface area contributed by atoms with Crippen molar-refractivity contribution in [1.82, 2.24) is 4.90 Å². The molecule has 0 fully saturated rings. The molecule has 76 valence electrons. The van der Waals surface area contributed by atoms with Crippen molar-refractivity contribution in [2.75, 3.05) is 27.2 Å². The molecule has 0 saturated heterocycles. The second-order valence-corrected chi connectivity index (χ2v) is 2.89. The maximum Gasteiger partial charge on any atom is 0.338 e. The number of aliphatic hydroxyl groups is 1. The van der Waals surface area contributed by atoms with E-state index in [0.29, 0.717) is 6.54 Å². The Balaban J connectivity index is 3.92. The molecule has 5 nitrogen and oxygen atoms in total. The first-order chi connectivity index (χ1) is 5.95. The smallest absolute Gasteiger partial charge is 0.338 e. The van der Waals surface area contributed by atoms with Crippen LogP contribution in [0.4, 0.5) is 0 Å². The summed E-state index contributed by atoms with van der Waals surface area (Å²) < 4.78 is 4.79. The number of ether oxygens (including phenoxy) is 1. The summed E-state index contributed by atoms with van der Waals surface area (Å²) in [6.07, 6.45) is 0. The maximum absolute atomic E-state index is 10.3. The van der Waals surface area contributed by atoms with Gasteiger partial charge < -0.3 is 19.8 Å². The van der Waals surface area contributed by atoms with E-state index in [1.54, 1.807) is 0 Å². The minimum Gasteiger partial charge on any atom is -0.481 e. The minimum atomic E-state index is -1.18. The van der Waals surface area contributed by atoms with Crippen molar-refractivity contribution in [1.29, 1.82) is 0 Å². The van der Waals surface area contributed by atoms with Crippen molar-refractivity contribution >= 4 is 5.97 Å². The van der Waals surface area contributed by atoms with Gasteiger partial charge in [0.25, 0.3) is 5.95 Å². The molecule has 13 heavy (non-hydrogen) atoms. The molecule has 0 aliphatic rings. The van der Waals surface area contributed by atoms with Crippen LogP contribution >= 0.6 is 0 Å². The molecule has 0 unspecified atom stereocenters. The first kappa shape index (κ1) is 11.8. The summed E-state index contributed by atoms with van der Waals surface area (Å²) in [6, 6.07) is 0. The second kappa shape index (κ2) is 5.42. The molecule has 0 amide bonds. The van der Waals surface area contributed by atoms with Crippen LogP contribution in [0.25, 0.3) is 0 Å².